The van der Waals surface area contributed by atoms with E-state index in [1.165, 1.54) is 12.8 Å². The topological polar surface area (TPSA) is 43.4 Å². The first-order valence-corrected chi connectivity index (χ1v) is 4.22. The molecule has 0 aromatic carbocycles. The maximum Gasteiger partial charge on any atom is 1.00 e. The van der Waals surface area contributed by atoms with Gasteiger partial charge in [-0.2, -0.15) is 0 Å². The van der Waals surface area contributed by atoms with Gasteiger partial charge in [-0.1, -0.05) is 0 Å². The number of nitrogens with zero attached hydrogens (tertiary/aromatic N) is 1. The first kappa shape index (κ1) is 11.1. The third-order valence-electron chi connectivity index (χ3n) is 2.92. The Morgan fingerprint density at radius 1 is 1.33 bits per heavy atom. The van der Waals surface area contributed by atoms with Crippen LogP contribution in [0.5, 0.6) is 0 Å². The summed E-state index contributed by atoms with van der Waals surface area (Å²) >= 11 is 0. The fourth-order valence-corrected chi connectivity index (χ4v) is 2.21. The second-order valence-electron chi connectivity index (χ2n) is 3.55. The van der Waals surface area contributed by atoms with Gasteiger partial charge in [-0.15, -0.1) is 0 Å². The van der Waals surface area contributed by atoms with Crippen LogP contribution in [-0.2, 0) is 4.79 Å². The van der Waals surface area contributed by atoms with Crippen molar-refractivity contribution in [2.75, 3.05) is 13.1 Å². The van der Waals surface area contributed by atoms with Crippen molar-refractivity contribution < 1.29 is 61.3 Å². The molecule has 3 rings (SSSR count). The van der Waals surface area contributed by atoms with Gasteiger partial charge in [-0.05, 0) is 38.3 Å². The van der Waals surface area contributed by atoms with Crippen molar-refractivity contribution in [3.8, 4) is 0 Å². The molecule has 3 aliphatic heterocycles. The molecule has 1 atom stereocenters. The number of hydrogen-bond acceptors (Lipinski definition) is 3. The third kappa shape index (κ3) is 2.11. The molecule has 12 heavy (non-hydrogen) atoms. The molecule has 0 spiro atoms. The van der Waals surface area contributed by atoms with Crippen LogP contribution < -0.4 is 56.5 Å². The summed E-state index contributed by atoms with van der Waals surface area (Å²) in [5.41, 5.74) is 0. The summed E-state index contributed by atoms with van der Waals surface area (Å²) in [5, 5.41) is 10.6. The summed E-state index contributed by atoms with van der Waals surface area (Å²) in [6.07, 6.45) is 3.19. The molecule has 1 unspecified atom stereocenters. The molecular weight excluding hydrogens is 181 g/mol. The van der Waals surface area contributed by atoms with Crippen LogP contribution in [0.1, 0.15) is 19.3 Å². The number of carboxylic acids is 1. The van der Waals surface area contributed by atoms with Crippen molar-refractivity contribution in [3.05, 3.63) is 0 Å². The van der Waals surface area contributed by atoms with E-state index in [0.29, 0.717) is 5.92 Å². The van der Waals surface area contributed by atoms with Gasteiger partial charge in [-0.25, -0.2) is 0 Å². The quantitative estimate of drug-likeness (QED) is 0.402. The number of carboxylic acid groups (broad SMARTS) is 1. The van der Waals surface area contributed by atoms with Gasteiger partial charge in [0.05, 0.1) is 5.97 Å². The van der Waals surface area contributed by atoms with Gasteiger partial charge in [0.1, 0.15) is 0 Å². The van der Waals surface area contributed by atoms with E-state index in [4.69, 9.17) is 0 Å². The zero-order valence-corrected chi connectivity index (χ0v) is 10.6. The molecule has 62 valence electrons. The molecule has 4 heteroatoms. The first-order chi connectivity index (χ1) is 5.27. The number of carbonyl (C=O) groups excluding carboxylic acids is 1. The SMILES string of the molecule is O=C([O-])C1CC2CCN1CC2.[K+]. The second-order valence-corrected chi connectivity index (χ2v) is 3.55. The maximum absolute atomic E-state index is 10.6. The minimum Gasteiger partial charge on any atom is -0.548 e. The van der Waals surface area contributed by atoms with E-state index in [0.717, 1.165) is 19.5 Å². The average Bonchev–Trinajstić information content (AvgIpc) is 2.06. The van der Waals surface area contributed by atoms with Crippen LogP contribution in [0.4, 0.5) is 0 Å². The van der Waals surface area contributed by atoms with Gasteiger partial charge < -0.3 is 9.90 Å². The summed E-state index contributed by atoms with van der Waals surface area (Å²) in [7, 11) is 0. The van der Waals surface area contributed by atoms with E-state index in [9.17, 15) is 9.90 Å². The van der Waals surface area contributed by atoms with E-state index in [-0.39, 0.29) is 57.4 Å². The Kier molecular flexibility index (Phi) is 4.20. The Hall–Kier alpha value is 1.07. The molecule has 0 N–H and O–H groups in total. The second kappa shape index (κ2) is 4.53. The monoisotopic (exact) mass is 193 g/mol. The van der Waals surface area contributed by atoms with Gasteiger partial charge in [0.15, 0.2) is 0 Å². The smallest absolute Gasteiger partial charge is 0.548 e. The van der Waals surface area contributed by atoms with Crippen molar-refractivity contribution in [3.63, 3.8) is 0 Å². The molecule has 0 radical (unpaired) electrons. The van der Waals surface area contributed by atoms with E-state index >= 15 is 0 Å². The van der Waals surface area contributed by atoms with Crippen LogP contribution in [0.2, 0.25) is 0 Å². The Morgan fingerprint density at radius 3 is 2.17 bits per heavy atom. The molecule has 0 amide bonds. The number of piperidine rings is 3. The van der Waals surface area contributed by atoms with Crippen molar-refractivity contribution in [1.82, 2.24) is 4.90 Å². The predicted octanol–water partition coefficient (Wildman–Crippen LogP) is -3.78. The van der Waals surface area contributed by atoms with E-state index in [1.54, 1.807) is 0 Å². The third-order valence-corrected chi connectivity index (χ3v) is 2.92. The van der Waals surface area contributed by atoms with Crippen LogP contribution in [0.25, 0.3) is 0 Å². The molecular formula is C8H12KNO2. The molecule has 0 saturated carbocycles. The van der Waals surface area contributed by atoms with Crippen LogP contribution >= 0.6 is 0 Å². The van der Waals surface area contributed by atoms with Gasteiger partial charge in [0.25, 0.3) is 0 Å². The zero-order chi connectivity index (χ0) is 7.84. The molecule has 0 aromatic heterocycles. The molecule has 3 heterocycles. The summed E-state index contributed by atoms with van der Waals surface area (Å²) in [6, 6.07) is -0.275. The van der Waals surface area contributed by atoms with Crippen molar-refractivity contribution >= 4 is 5.97 Å². The van der Waals surface area contributed by atoms with Crippen molar-refractivity contribution in [1.29, 1.82) is 0 Å². The van der Waals surface area contributed by atoms with E-state index < -0.39 is 5.97 Å². The number of hydrogen-bond donors (Lipinski definition) is 0. The number of carbonyl (C=O) groups is 1. The van der Waals surface area contributed by atoms with Crippen LogP contribution in [0.15, 0.2) is 0 Å². The minimum absolute atomic E-state index is 0. The number of aliphatic carboxylic acids is 1. The minimum atomic E-state index is -0.880. The standard InChI is InChI=1S/C8H13NO2.K/c10-8(11)7-5-6-1-3-9(7)4-2-6;/h6-7H,1-5H2,(H,10,11);/q;+1/p-1. The van der Waals surface area contributed by atoms with Crippen molar-refractivity contribution in [2.45, 2.75) is 25.3 Å². The Labute approximate surface area is 115 Å². The predicted molar refractivity (Wildman–Crippen MR) is 37.7 cm³/mol. The molecule has 2 bridgehead atoms. The van der Waals surface area contributed by atoms with Gasteiger partial charge in [-0.3, -0.25) is 4.90 Å². The number of rotatable bonds is 1. The average molecular weight is 193 g/mol. The normalized spacial score (nSPS) is 38.8. The van der Waals surface area contributed by atoms with Gasteiger partial charge in [0, 0.05) is 6.04 Å². The molecule has 0 aliphatic carbocycles. The van der Waals surface area contributed by atoms with Crippen LogP contribution in [0, 0.1) is 5.92 Å². The largest absolute Gasteiger partial charge is 1.00 e. The molecule has 3 nitrogen and oxygen atoms in total. The Balaban J connectivity index is 0.000000720. The summed E-state index contributed by atoms with van der Waals surface area (Å²) in [4.78, 5) is 12.6. The van der Waals surface area contributed by atoms with Crippen molar-refractivity contribution in [2.24, 2.45) is 5.92 Å². The van der Waals surface area contributed by atoms with Crippen LogP contribution in [0.3, 0.4) is 0 Å². The zero-order valence-electron chi connectivity index (χ0n) is 7.45. The van der Waals surface area contributed by atoms with Crippen LogP contribution in [-0.4, -0.2) is 30.0 Å². The molecule has 3 aliphatic rings. The Morgan fingerprint density at radius 2 is 1.92 bits per heavy atom. The molecule has 0 aromatic rings. The fourth-order valence-electron chi connectivity index (χ4n) is 2.21. The maximum atomic E-state index is 10.6. The molecule has 3 saturated heterocycles. The fraction of sp³-hybridized carbons (Fsp3) is 0.875. The number of fused-ring (bicyclic) bond motifs is 3. The molecule has 3 fully saturated rings. The first-order valence-electron chi connectivity index (χ1n) is 4.22. The Bertz CT molecular complexity index is 178. The summed E-state index contributed by atoms with van der Waals surface area (Å²) in [5.74, 6) is -0.225. The summed E-state index contributed by atoms with van der Waals surface area (Å²) in [6.45, 7) is 1.92. The van der Waals surface area contributed by atoms with Gasteiger partial charge >= 0.3 is 51.4 Å². The van der Waals surface area contributed by atoms with E-state index in [2.05, 4.69) is 0 Å². The summed E-state index contributed by atoms with van der Waals surface area (Å²) < 4.78 is 0. The van der Waals surface area contributed by atoms with Gasteiger partial charge in [0.2, 0.25) is 0 Å². The van der Waals surface area contributed by atoms with E-state index in [1.807, 2.05) is 4.90 Å².